The van der Waals surface area contributed by atoms with Gasteiger partial charge in [-0.05, 0) is 48.0 Å². The van der Waals surface area contributed by atoms with Crippen LogP contribution in [0.5, 0.6) is 5.75 Å². The van der Waals surface area contributed by atoms with Gasteiger partial charge >= 0.3 is 0 Å². The van der Waals surface area contributed by atoms with Gasteiger partial charge in [0, 0.05) is 6.04 Å². The molecule has 19 heavy (non-hydrogen) atoms. The number of benzene rings is 2. The van der Waals surface area contributed by atoms with Crippen molar-refractivity contribution in [3.63, 3.8) is 0 Å². The minimum absolute atomic E-state index is 0.450. The van der Waals surface area contributed by atoms with Crippen LogP contribution in [0.1, 0.15) is 37.8 Å². The van der Waals surface area contributed by atoms with Crippen LogP contribution in [0.15, 0.2) is 36.4 Å². The fraction of sp³-hybridized carbons (Fsp3) is 0.412. The number of nitrogens with one attached hydrogen (secondary N) is 1. The molecule has 1 unspecified atom stereocenters. The molecule has 2 heteroatoms. The first kappa shape index (κ1) is 13.9. The highest BCUT2D eigenvalue weighted by molar-refractivity contribution is 5.84. The summed E-state index contributed by atoms with van der Waals surface area (Å²) in [4.78, 5) is 0. The van der Waals surface area contributed by atoms with Gasteiger partial charge in [-0.15, -0.1) is 0 Å². The molecule has 2 aromatic rings. The summed E-state index contributed by atoms with van der Waals surface area (Å²) >= 11 is 0. The Balaban J connectivity index is 2.29. The molecule has 0 radical (unpaired) electrons. The van der Waals surface area contributed by atoms with Crippen molar-refractivity contribution in [2.24, 2.45) is 0 Å². The molecule has 0 aromatic heterocycles. The van der Waals surface area contributed by atoms with Gasteiger partial charge in [-0.25, -0.2) is 0 Å². The molecule has 0 heterocycles. The lowest BCUT2D eigenvalue weighted by Crippen LogP contribution is -2.16. The van der Waals surface area contributed by atoms with Crippen molar-refractivity contribution in [1.29, 1.82) is 0 Å². The van der Waals surface area contributed by atoms with Crippen LogP contribution in [-0.4, -0.2) is 14.2 Å². The number of methoxy groups -OCH3 is 1. The second-order valence-corrected chi connectivity index (χ2v) is 4.96. The Morgan fingerprint density at radius 3 is 2.53 bits per heavy atom. The van der Waals surface area contributed by atoms with Gasteiger partial charge < -0.3 is 10.1 Å². The normalized spacial score (nSPS) is 12.6. The van der Waals surface area contributed by atoms with Crippen LogP contribution >= 0.6 is 0 Å². The third-order valence-electron chi connectivity index (χ3n) is 3.67. The van der Waals surface area contributed by atoms with Gasteiger partial charge in [-0.2, -0.15) is 0 Å². The SMILES string of the molecule is CCCCC(NC)c1ccc2cc(OC)ccc2c1. The highest BCUT2D eigenvalue weighted by Gasteiger charge is 2.09. The van der Waals surface area contributed by atoms with Crippen molar-refractivity contribution in [2.75, 3.05) is 14.2 Å². The minimum Gasteiger partial charge on any atom is -0.497 e. The molecule has 0 aliphatic rings. The van der Waals surface area contributed by atoms with E-state index in [-0.39, 0.29) is 0 Å². The summed E-state index contributed by atoms with van der Waals surface area (Å²) in [6, 6.07) is 13.4. The standard InChI is InChI=1S/C17H23NO/c1-4-5-6-17(18-2)15-8-7-14-12-16(19-3)10-9-13(14)11-15/h7-12,17-18H,4-6H2,1-3H3. The molecule has 1 atom stereocenters. The number of unbranched alkanes of at least 4 members (excludes halogenated alkanes) is 1. The molecule has 0 saturated carbocycles. The van der Waals surface area contributed by atoms with E-state index in [2.05, 4.69) is 42.6 Å². The summed E-state index contributed by atoms with van der Waals surface area (Å²) in [5.74, 6) is 0.913. The van der Waals surface area contributed by atoms with E-state index >= 15 is 0 Å². The predicted molar refractivity (Wildman–Crippen MR) is 81.8 cm³/mol. The maximum absolute atomic E-state index is 5.26. The van der Waals surface area contributed by atoms with Gasteiger partial charge in [-0.3, -0.25) is 0 Å². The van der Waals surface area contributed by atoms with E-state index in [9.17, 15) is 0 Å². The molecule has 2 aromatic carbocycles. The number of hydrogen-bond acceptors (Lipinski definition) is 2. The summed E-state index contributed by atoms with van der Waals surface area (Å²) < 4.78 is 5.26. The van der Waals surface area contributed by atoms with Crippen LogP contribution in [0, 0.1) is 0 Å². The molecule has 102 valence electrons. The highest BCUT2D eigenvalue weighted by Crippen LogP contribution is 2.26. The van der Waals surface area contributed by atoms with E-state index in [4.69, 9.17) is 4.74 Å². The molecule has 0 fully saturated rings. The van der Waals surface area contributed by atoms with Crippen LogP contribution in [0.4, 0.5) is 0 Å². The van der Waals surface area contributed by atoms with Crippen molar-refractivity contribution in [2.45, 2.75) is 32.2 Å². The lowest BCUT2D eigenvalue weighted by atomic mass is 9.98. The summed E-state index contributed by atoms with van der Waals surface area (Å²) in [5, 5.41) is 5.92. The van der Waals surface area contributed by atoms with E-state index in [1.165, 1.54) is 35.6 Å². The van der Waals surface area contributed by atoms with Crippen molar-refractivity contribution in [1.82, 2.24) is 5.32 Å². The van der Waals surface area contributed by atoms with E-state index in [0.29, 0.717) is 6.04 Å². The Kier molecular flexibility index (Phi) is 4.80. The van der Waals surface area contributed by atoms with Gasteiger partial charge in [0.1, 0.15) is 5.75 Å². The van der Waals surface area contributed by atoms with Gasteiger partial charge in [0.15, 0.2) is 0 Å². The Hall–Kier alpha value is -1.54. The third-order valence-corrected chi connectivity index (χ3v) is 3.67. The van der Waals surface area contributed by atoms with E-state index in [0.717, 1.165) is 5.75 Å². The Labute approximate surface area is 115 Å². The van der Waals surface area contributed by atoms with Crippen LogP contribution in [0.25, 0.3) is 10.8 Å². The van der Waals surface area contributed by atoms with Crippen molar-refractivity contribution in [3.05, 3.63) is 42.0 Å². The lowest BCUT2D eigenvalue weighted by molar-refractivity contribution is 0.415. The zero-order valence-corrected chi connectivity index (χ0v) is 12.1. The molecule has 0 aliphatic heterocycles. The monoisotopic (exact) mass is 257 g/mol. The minimum atomic E-state index is 0.450. The zero-order valence-electron chi connectivity index (χ0n) is 12.1. The highest BCUT2D eigenvalue weighted by atomic mass is 16.5. The van der Waals surface area contributed by atoms with Crippen LogP contribution in [-0.2, 0) is 0 Å². The smallest absolute Gasteiger partial charge is 0.119 e. The molecule has 0 amide bonds. The molecular weight excluding hydrogens is 234 g/mol. The number of hydrogen-bond donors (Lipinski definition) is 1. The first-order chi connectivity index (χ1) is 9.28. The topological polar surface area (TPSA) is 21.3 Å². The second-order valence-electron chi connectivity index (χ2n) is 4.96. The Bertz CT molecular complexity index is 536. The third kappa shape index (κ3) is 3.27. The Morgan fingerprint density at radius 2 is 1.84 bits per heavy atom. The van der Waals surface area contributed by atoms with E-state index < -0.39 is 0 Å². The number of rotatable bonds is 6. The number of fused-ring (bicyclic) bond motifs is 1. The second kappa shape index (κ2) is 6.58. The zero-order chi connectivity index (χ0) is 13.7. The van der Waals surface area contributed by atoms with E-state index in [1.807, 2.05) is 13.1 Å². The fourth-order valence-electron chi connectivity index (χ4n) is 2.47. The molecule has 2 rings (SSSR count). The maximum atomic E-state index is 5.26. The fourth-order valence-corrected chi connectivity index (χ4v) is 2.47. The molecule has 1 N–H and O–H groups in total. The van der Waals surface area contributed by atoms with Gasteiger partial charge in [0.25, 0.3) is 0 Å². The summed E-state index contributed by atoms with van der Waals surface area (Å²) in [6.07, 6.45) is 3.68. The van der Waals surface area contributed by atoms with Crippen molar-refractivity contribution < 1.29 is 4.74 Å². The average molecular weight is 257 g/mol. The molecule has 0 aliphatic carbocycles. The molecule has 0 saturated heterocycles. The van der Waals surface area contributed by atoms with Crippen LogP contribution in [0.3, 0.4) is 0 Å². The predicted octanol–water partition coefficient (Wildman–Crippen LogP) is 4.30. The molecule has 0 bridgehead atoms. The van der Waals surface area contributed by atoms with E-state index in [1.54, 1.807) is 7.11 Å². The first-order valence-electron chi connectivity index (χ1n) is 7.03. The van der Waals surface area contributed by atoms with Gasteiger partial charge in [0.2, 0.25) is 0 Å². The number of ether oxygens (including phenoxy) is 1. The quantitative estimate of drug-likeness (QED) is 0.833. The first-order valence-corrected chi connectivity index (χ1v) is 7.03. The summed E-state index contributed by atoms with van der Waals surface area (Å²) in [6.45, 7) is 2.24. The molecule has 2 nitrogen and oxygen atoms in total. The van der Waals surface area contributed by atoms with Gasteiger partial charge in [0.05, 0.1) is 7.11 Å². The average Bonchev–Trinajstić information content (AvgIpc) is 2.47. The lowest BCUT2D eigenvalue weighted by Gasteiger charge is -2.17. The summed E-state index contributed by atoms with van der Waals surface area (Å²) in [7, 11) is 3.75. The largest absolute Gasteiger partial charge is 0.497 e. The molecular formula is C17H23NO. The molecule has 0 spiro atoms. The summed E-state index contributed by atoms with van der Waals surface area (Å²) in [5.41, 5.74) is 1.37. The van der Waals surface area contributed by atoms with Crippen molar-refractivity contribution in [3.8, 4) is 5.75 Å². The Morgan fingerprint density at radius 1 is 1.11 bits per heavy atom. The van der Waals surface area contributed by atoms with Crippen LogP contribution in [0.2, 0.25) is 0 Å². The van der Waals surface area contributed by atoms with Crippen molar-refractivity contribution >= 4 is 10.8 Å². The van der Waals surface area contributed by atoms with Crippen LogP contribution < -0.4 is 10.1 Å². The maximum Gasteiger partial charge on any atom is 0.119 e. The van der Waals surface area contributed by atoms with Gasteiger partial charge in [-0.1, -0.05) is 38.0 Å².